The van der Waals surface area contributed by atoms with Gasteiger partial charge in [-0.25, -0.2) is 4.79 Å². The highest BCUT2D eigenvalue weighted by molar-refractivity contribution is 5.73. The summed E-state index contributed by atoms with van der Waals surface area (Å²) in [6.07, 6.45) is 43.4. The molecule has 0 amide bonds. The number of rotatable bonds is 45. The minimum atomic E-state index is -1.86. The van der Waals surface area contributed by atoms with Crippen LogP contribution in [0.4, 0.5) is 0 Å². The van der Waals surface area contributed by atoms with Crippen molar-refractivity contribution in [2.75, 3.05) is 13.2 Å². The number of ether oxygens (including phenoxy) is 4. The molecule has 1 saturated heterocycles. The summed E-state index contributed by atoms with van der Waals surface area (Å²) in [4.78, 5) is 37.0. The third kappa shape index (κ3) is 35.3. The molecule has 0 aromatic heterocycles. The molecule has 4 N–H and O–H groups in total. The fraction of sp³-hybridized carbons (Fsp3) is 0.833. The van der Waals surface area contributed by atoms with E-state index in [1.807, 2.05) is 0 Å². The van der Waals surface area contributed by atoms with Crippen molar-refractivity contribution in [3.05, 3.63) is 36.5 Å². The summed E-state index contributed by atoms with van der Waals surface area (Å²) in [6, 6.07) is 0. The Morgan fingerprint density at radius 1 is 0.477 bits per heavy atom. The third-order valence-electron chi connectivity index (χ3n) is 12.2. The summed E-state index contributed by atoms with van der Waals surface area (Å²) in [5.74, 6) is -2.45. The Kier molecular flexibility index (Phi) is 40.9. The normalized spacial score (nSPS) is 19.4. The van der Waals surface area contributed by atoms with Crippen LogP contribution in [0.15, 0.2) is 36.5 Å². The number of carboxylic acid groups (broad SMARTS) is 1. The molecule has 6 unspecified atom stereocenters. The largest absolute Gasteiger partial charge is 0.479 e. The predicted octanol–water partition coefficient (Wildman–Crippen LogP) is 12.7. The number of hydrogen-bond acceptors (Lipinski definition) is 10. The monoisotopic (exact) mass is 921 g/mol. The van der Waals surface area contributed by atoms with Crippen molar-refractivity contribution in [3.8, 4) is 0 Å². The molecular formula is C54H96O11. The molecule has 11 nitrogen and oxygen atoms in total. The molecule has 0 radical (unpaired) electrons. The summed E-state index contributed by atoms with van der Waals surface area (Å²) in [7, 11) is 0. The fourth-order valence-electron chi connectivity index (χ4n) is 8.02. The second-order valence-corrected chi connectivity index (χ2v) is 18.4. The van der Waals surface area contributed by atoms with Gasteiger partial charge in [-0.15, -0.1) is 0 Å². The van der Waals surface area contributed by atoms with Gasteiger partial charge >= 0.3 is 17.9 Å². The Morgan fingerprint density at radius 3 is 1.29 bits per heavy atom. The maximum Gasteiger partial charge on any atom is 0.335 e. The second-order valence-electron chi connectivity index (χ2n) is 18.4. The quantitative estimate of drug-likeness (QED) is 0.0260. The summed E-state index contributed by atoms with van der Waals surface area (Å²) in [5.41, 5.74) is 0. The first-order valence-corrected chi connectivity index (χ1v) is 26.5. The van der Waals surface area contributed by atoms with E-state index in [9.17, 15) is 34.8 Å². The summed E-state index contributed by atoms with van der Waals surface area (Å²) in [6.45, 7) is 3.82. The Balaban J connectivity index is 2.27. The maximum atomic E-state index is 12.8. The lowest BCUT2D eigenvalue weighted by atomic mass is 9.99. The zero-order valence-corrected chi connectivity index (χ0v) is 41.2. The topological polar surface area (TPSA) is 169 Å². The van der Waals surface area contributed by atoms with Gasteiger partial charge in [0.1, 0.15) is 24.9 Å². The zero-order valence-electron chi connectivity index (χ0n) is 41.2. The summed E-state index contributed by atoms with van der Waals surface area (Å²) < 4.78 is 21.8. The van der Waals surface area contributed by atoms with Crippen molar-refractivity contribution < 1.29 is 53.8 Å². The van der Waals surface area contributed by atoms with E-state index in [0.29, 0.717) is 12.8 Å². The van der Waals surface area contributed by atoms with E-state index in [-0.39, 0.29) is 19.4 Å². The van der Waals surface area contributed by atoms with Crippen LogP contribution in [0.2, 0.25) is 0 Å². The molecule has 11 heteroatoms. The van der Waals surface area contributed by atoms with E-state index in [1.54, 1.807) is 0 Å². The number of carboxylic acids is 1. The molecule has 65 heavy (non-hydrogen) atoms. The lowest BCUT2D eigenvalue weighted by Crippen LogP contribution is -2.60. The molecule has 0 spiro atoms. The first-order valence-electron chi connectivity index (χ1n) is 26.5. The molecule has 1 aliphatic heterocycles. The van der Waals surface area contributed by atoms with Gasteiger partial charge in [0, 0.05) is 12.8 Å². The van der Waals surface area contributed by atoms with Gasteiger partial charge in [0.25, 0.3) is 0 Å². The minimum absolute atomic E-state index is 0.174. The molecule has 1 fully saturated rings. The standard InChI is InChI=1S/C54H96O11/c1-3-5-7-9-11-13-15-17-19-21-22-23-24-25-26-27-29-30-32-34-36-38-40-42-47(55)62-44-46(45-63-54-51(59)49(57)50(58)52(65-54)53(60)61)64-48(56)43-41-39-37-35-33-31-28-20-18-16-14-12-10-8-6-4-2/h15,17,20-22,28,46,49-52,54,57-59H,3-14,16,18-19,23-27,29-45H2,1-2H3,(H,60,61)/b17-15-,22-21-,28-20-. The third-order valence-corrected chi connectivity index (χ3v) is 12.2. The maximum absolute atomic E-state index is 12.8. The number of unbranched alkanes of at least 4 members (excludes halogenated alkanes) is 28. The molecule has 6 atom stereocenters. The van der Waals surface area contributed by atoms with Crippen molar-refractivity contribution in [3.63, 3.8) is 0 Å². The Bertz CT molecular complexity index is 1220. The predicted molar refractivity (Wildman–Crippen MR) is 261 cm³/mol. The Labute approximate surface area is 395 Å². The van der Waals surface area contributed by atoms with Crippen LogP contribution in [0.25, 0.3) is 0 Å². The number of carbonyl (C=O) groups excluding carboxylic acids is 2. The van der Waals surface area contributed by atoms with E-state index in [0.717, 1.165) is 64.2 Å². The van der Waals surface area contributed by atoms with Gasteiger partial charge in [0.15, 0.2) is 18.5 Å². The van der Waals surface area contributed by atoms with Gasteiger partial charge < -0.3 is 39.4 Å². The van der Waals surface area contributed by atoms with E-state index < -0.39 is 61.3 Å². The van der Waals surface area contributed by atoms with Gasteiger partial charge in [-0.3, -0.25) is 9.59 Å². The number of aliphatic hydroxyl groups is 3. The molecule has 0 aliphatic carbocycles. The van der Waals surface area contributed by atoms with Gasteiger partial charge in [0.2, 0.25) is 0 Å². The molecule has 1 heterocycles. The highest BCUT2D eigenvalue weighted by Crippen LogP contribution is 2.23. The number of esters is 2. The highest BCUT2D eigenvalue weighted by Gasteiger charge is 2.47. The fourth-order valence-corrected chi connectivity index (χ4v) is 8.02. The molecule has 378 valence electrons. The summed E-state index contributed by atoms with van der Waals surface area (Å²) in [5, 5.41) is 39.9. The summed E-state index contributed by atoms with van der Waals surface area (Å²) >= 11 is 0. The number of hydrogen-bond donors (Lipinski definition) is 4. The molecule has 0 aromatic rings. The number of aliphatic carboxylic acids is 1. The second kappa shape index (κ2) is 44.0. The number of allylic oxidation sites excluding steroid dienone is 6. The van der Waals surface area contributed by atoms with Crippen LogP contribution >= 0.6 is 0 Å². The van der Waals surface area contributed by atoms with Crippen molar-refractivity contribution >= 4 is 17.9 Å². The van der Waals surface area contributed by atoms with E-state index in [4.69, 9.17) is 18.9 Å². The minimum Gasteiger partial charge on any atom is -0.479 e. The molecule has 0 aromatic carbocycles. The van der Waals surface area contributed by atoms with Crippen molar-refractivity contribution in [1.82, 2.24) is 0 Å². The average molecular weight is 921 g/mol. The molecule has 0 bridgehead atoms. The van der Waals surface area contributed by atoms with E-state index >= 15 is 0 Å². The first kappa shape index (κ1) is 60.4. The van der Waals surface area contributed by atoms with Crippen molar-refractivity contribution in [1.29, 1.82) is 0 Å². The lowest BCUT2D eigenvalue weighted by Gasteiger charge is -2.38. The highest BCUT2D eigenvalue weighted by atomic mass is 16.7. The van der Waals surface area contributed by atoms with Crippen molar-refractivity contribution in [2.24, 2.45) is 0 Å². The van der Waals surface area contributed by atoms with Gasteiger partial charge in [-0.2, -0.15) is 0 Å². The van der Waals surface area contributed by atoms with Crippen molar-refractivity contribution in [2.45, 2.75) is 275 Å². The molecular weight excluding hydrogens is 825 g/mol. The van der Waals surface area contributed by atoms with Crippen LogP contribution in [0, 0.1) is 0 Å². The van der Waals surface area contributed by atoms with Crippen LogP contribution in [0.3, 0.4) is 0 Å². The van der Waals surface area contributed by atoms with Crippen LogP contribution in [-0.2, 0) is 33.3 Å². The van der Waals surface area contributed by atoms with Crippen LogP contribution in [-0.4, -0.2) is 88.4 Å². The average Bonchev–Trinajstić information content (AvgIpc) is 3.29. The Hall–Kier alpha value is -2.57. The van der Waals surface area contributed by atoms with E-state index in [1.165, 1.54) is 135 Å². The molecule has 1 rings (SSSR count). The van der Waals surface area contributed by atoms with E-state index in [2.05, 4.69) is 50.3 Å². The Morgan fingerprint density at radius 2 is 0.862 bits per heavy atom. The molecule has 1 aliphatic rings. The first-order chi connectivity index (χ1) is 31.7. The van der Waals surface area contributed by atoms with Gasteiger partial charge in [-0.1, -0.05) is 192 Å². The van der Waals surface area contributed by atoms with Gasteiger partial charge in [0.05, 0.1) is 6.61 Å². The number of aliphatic hydroxyl groups excluding tert-OH is 3. The SMILES string of the molecule is CCCCCCC/C=C\C/C=C\CCCCCCCCCCCCCC(=O)OCC(COC1OC(C(=O)O)C(O)C(O)C1O)OC(=O)CCCCCCC/C=C\CCCCCCCCC. The van der Waals surface area contributed by atoms with Crippen LogP contribution in [0.1, 0.15) is 239 Å². The smallest absolute Gasteiger partial charge is 0.335 e. The van der Waals surface area contributed by atoms with Gasteiger partial charge in [-0.05, 0) is 70.6 Å². The zero-order chi connectivity index (χ0) is 47.4. The number of carbonyl (C=O) groups is 3. The van der Waals surface area contributed by atoms with Crippen LogP contribution in [0.5, 0.6) is 0 Å². The van der Waals surface area contributed by atoms with Crippen LogP contribution < -0.4 is 0 Å². The lowest BCUT2D eigenvalue weighted by molar-refractivity contribution is -0.298. The molecule has 0 saturated carbocycles.